The van der Waals surface area contributed by atoms with Crippen molar-refractivity contribution in [3.8, 4) is 11.4 Å². The van der Waals surface area contributed by atoms with E-state index in [1.54, 1.807) is 12.1 Å². The van der Waals surface area contributed by atoms with Gasteiger partial charge in [-0.25, -0.2) is 4.39 Å². The molecule has 0 fully saturated rings. The summed E-state index contributed by atoms with van der Waals surface area (Å²) in [5.74, 6) is 0.131. The van der Waals surface area contributed by atoms with Crippen LogP contribution in [0.25, 0.3) is 11.4 Å². The van der Waals surface area contributed by atoms with Crippen molar-refractivity contribution in [2.24, 2.45) is 0 Å². The summed E-state index contributed by atoms with van der Waals surface area (Å²) in [4.78, 5) is 12.2. The van der Waals surface area contributed by atoms with Gasteiger partial charge < -0.3 is 4.57 Å². The van der Waals surface area contributed by atoms with Gasteiger partial charge in [-0.15, -0.1) is 10.2 Å². The molecule has 0 saturated heterocycles. The number of aromatic nitrogens is 3. The summed E-state index contributed by atoms with van der Waals surface area (Å²) in [6.45, 7) is 4.72. The molecule has 3 aromatic rings. The standard InChI is InChI=1S/C19H18FN3OS/c1-3-23-18(14-10-8-13(2)9-11-14)21-22-19(23)25-12-17(24)15-6-4-5-7-16(15)20/h4-11H,3,12H2,1-2H3. The summed E-state index contributed by atoms with van der Waals surface area (Å²) in [6.07, 6.45) is 0. The number of Topliss-reactive ketones (excluding diaryl/α,β-unsaturated/α-hetero) is 1. The molecule has 0 atom stereocenters. The van der Waals surface area contributed by atoms with Gasteiger partial charge in [0.15, 0.2) is 16.8 Å². The van der Waals surface area contributed by atoms with Gasteiger partial charge in [0, 0.05) is 12.1 Å². The first-order valence-electron chi connectivity index (χ1n) is 8.01. The molecule has 4 nitrogen and oxygen atoms in total. The average molecular weight is 355 g/mol. The monoisotopic (exact) mass is 355 g/mol. The van der Waals surface area contributed by atoms with E-state index in [0.717, 1.165) is 11.4 Å². The molecule has 0 aliphatic rings. The molecule has 1 heterocycles. The smallest absolute Gasteiger partial charge is 0.191 e. The maximum absolute atomic E-state index is 13.7. The minimum Gasteiger partial charge on any atom is -0.302 e. The Hall–Kier alpha value is -2.47. The SMILES string of the molecule is CCn1c(SCC(=O)c2ccccc2F)nnc1-c1ccc(C)cc1. The third kappa shape index (κ3) is 3.79. The first-order chi connectivity index (χ1) is 12.1. The number of carbonyl (C=O) groups is 1. The van der Waals surface area contributed by atoms with Crippen molar-refractivity contribution in [3.05, 3.63) is 65.5 Å². The van der Waals surface area contributed by atoms with Crippen LogP contribution in [0.4, 0.5) is 4.39 Å². The van der Waals surface area contributed by atoms with E-state index in [1.807, 2.05) is 42.7 Å². The minimum atomic E-state index is -0.495. The number of thioether (sulfide) groups is 1. The quantitative estimate of drug-likeness (QED) is 0.486. The van der Waals surface area contributed by atoms with Crippen molar-refractivity contribution in [1.82, 2.24) is 14.8 Å². The third-order valence-electron chi connectivity index (χ3n) is 3.85. The highest BCUT2D eigenvalue weighted by atomic mass is 32.2. The summed E-state index contributed by atoms with van der Waals surface area (Å²) in [7, 11) is 0. The van der Waals surface area contributed by atoms with E-state index in [-0.39, 0.29) is 17.1 Å². The lowest BCUT2D eigenvalue weighted by molar-refractivity contribution is 0.101. The van der Waals surface area contributed by atoms with E-state index in [0.29, 0.717) is 11.7 Å². The minimum absolute atomic E-state index is 0.108. The van der Waals surface area contributed by atoms with Gasteiger partial charge in [-0.3, -0.25) is 4.79 Å². The molecule has 0 saturated carbocycles. The summed E-state index contributed by atoms with van der Waals surface area (Å²) >= 11 is 1.28. The number of hydrogen-bond acceptors (Lipinski definition) is 4. The van der Waals surface area contributed by atoms with Crippen LogP contribution >= 0.6 is 11.8 Å². The first kappa shape index (κ1) is 17.4. The molecule has 0 radical (unpaired) electrons. The number of halogens is 1. The fourth-order valence-corrected chi connectivity index (χ4v) is 3.38. The van der Waals surface area contributed by atoms with Crippen LogP contribution in [-0.4, -0.2) is 26.3 Å². The van der Waals surface area contributed by atoms with Gasteiger partial charge in [0.1, 0.15) is 5.82 Å². The van der Waals surface area contributed by atoms with E-state index >= 15 is 0 Å². The van der Waals surface area contributed by atoms with Crippen molar-refractivity contribution in [3.63, 3.8) is 0 Å². The number of rotatable bonds is 6. The molecule has 0 aliphatic heterocycles. The molecular formula is C19H18FN3OS. The Bertz CT molecular complexity index is 890. The number of ketones is 1. The molecule has 1 aromatic heterocycles. The largest absolute Gasteiger partial charge is 0.302 e. The van der Waals surface area contributed by atoms with Crippen LogP contribution in [-0.2, 0) is 6.54 Å². The molecule has 0 bridgehead atoms. The first-order valence-corrected chi connectivity index (χ1v) is 8.99. The predicted molar refractivity (Wildman–Crippen MR) is 97.3 cm³/mol. The second-order valence-corrected chi connectivity index (χ2v) is 6.55. The summed E-state index contributed by atoms with van der Waals surface area (Å²) in [6, 6.07) is 14.1. The van der Waals surface area contributed by atoms with Crippen LogP contribution < -0.4 is 0 Å². The molecule has 0 aliphatic carbocycles. The fourth-order valence-electron chi connectivity index (χ4n) is 2.49. The number of benzene rings is 2. The zero-order valence-corrected chi connectivity index (χ0v) is 14.9. The van der Waals surface area contributed by atoms with E-state index < -0.39 is 5.82 Å². The van der Waals surface area contributed by atoms with Crippen molar-refractivity contribution in [1.29, 1.82) is 0 Å². The number of nitrogens with zero attached hydrogens (tertiary/aromatic N) is 3. The van der Waals surface area contributed by atoms with E-state index in [4.69, 9.17) is 0 Å². The lowest BCUT2D eigenvalue weighted by Gasteiger charge is -2.07. The van der Waals surface area contributed by atoms with Crippen LogP contribution in [0.5, 0.6) is 0 Å². The van der Waals surface area contributed by atoms with Gasteiger partial charge in [0.2, 0.25) is 0 Å². The second-order valence-electron chi connectivity index (χ2n) is 5.61. The molecule has 25 heavy (non-hydrogen) atoms. The molecule has 0 unspecified atom stereocenters. The summed E-state index contributed by atoms with van der Waals surface area (Å²) < 4.78 is 15.7. The van der Waals surface area contributed by atoms with Gasteiger partial charge in [0.25, 0.3) is 0 Å². The molecule has 2 aromatic carbocycles. The Morgan fingerprint density at radius 2 is 1.84 bits per heavy atom. The molecule has 6 heteroatoms. The van der Waals surface area contributed by atoms with Crippen LogP contribution in [0.2, 0.25) is 0 Å². The Labute approximate surface area is 150 Å². The number of aryl methyl sites for hydroxylation is 1. The van der Waals surface area contributed by atoms with Gasteiger partial charge in [0.05, 0.1) is 11.3 Å². The van der Waals surface area contributed by atoms with E-state index in [1.165, 1.54) is 29.5 Å². The van der Waals surface area contributed by atoms with Crippen LogP contribution in [0.3, 0.4) is 0 Å². The van der Waals surface area contributed by atoms with E-state index in [9.17, 15) is 9.18 Å². The molecule has 128 valence electrons. The zero-order valence-electron chi connectivity index (χ0n) is 14.1. The van der Waals surface area contributed by atoms with Gasteiger partial charge >= 0.3 is 0 Å². The fraction of sp³-hybridized carbons (Fsp3) is 0.211. The predicted octanol–water partition coefficient (Wildman–Crippen LogP) is 4.39. The number of hydrogen-bond donors (Lipinski definition) is 0. The topological polar surface area (TPSA) is 47.8 Å². The highest BCUT2D eigenvalue weighted by Gasteiger charge is 2.16. The molecule has 0 N–H and O–H groups in total. The third-order valence-corrected chi connectivity index (χ3v) is 4.82. The lowest BCUT2D eigenvalue weighted by Crippen LogP contribution is -2.07. The van der Waals surface area contributed by atoms with Crippen molar-refractivity contribution >= 4 is 17.5 Å². The molecular weight excluding hydrogens is 337 g/mol. The maximum atomic E-state index is 13.7. The average Bonchev–Trinajstić information content (AvgIpc) is 3.03. The Morgan fingerprint density at radius 3 is 2.52 bits per heavy atom. The Morgan fingerprint density at radius 1 is 1.12 bits per heavy atom. The normalized spacial score (nSPS) is 10.8. The zero-order chi connectivity index (χ0) is 17.8. The van der Waals surface area contributed by atoms with Gasteiger partial charge in [-0.1, -0.05) is 53.7 Å². The summed E-state index contributed by atoms with van der Waals surface area (Å²) in [5, 5.41) is 9.12. The maximum Gasteiger partial charge on any atom is 0.191 e. The van der Waals surface area contributed by atoms with E-state index in [2.05, 4.69) is 10.2 Å². The van der Waals surface area contributed by atoms with Gasteiger partial charge in [-0.05, 0) is 26.0 Å². The second kappa shape index (κ2) is 7.61. The molecule has 0 amide bonds. The van der Waals surface area contributed by atoms with Crippen LogP contribution in [0, 0.1) is 12.7 Å². The van der Waals surface area contributed by atoms with Gasteiger partial charge in [-0.2, -0.15) is 0 Å². The highest BCUT2D eigenvalue weighted by Crippen LogP contribution is 2.25. The highest BCUT2D eigenvalue weighted by molar-refractivity contribution is 7.99. The van der Waals surface area contributed by atoms with Crippen molar-refractivity contribution < 1.29 is 9.18 Å². The summed E-state index contributed by atoms with van der Waals surface area (Å²) in [5.41, 5.74) is 2.26. The van der Waals surface area contributed by atoms with Crippen LogP contribution in [0.1, 0.15) is 22.8 Å². The van der Waals surface area contributed by atoms with Crippen molar-refractivity contribution in [2.75, 3.05) is 5.75 Å². The van der Waals surface area contributed by atoms with Crippen LogP contribution in [0.15, 0.2) is 53.7 Å². The number of carbonyl (C=O) groups excluding carboxylic acids is 1. The lowest BCUT2D eigenvalue weighted by atomic mass is 10.1. The van der Waals surface area contributed by atoms with Crippen molar-refractivity contribution in [2.45, 2.75) is 25.5 Å². The Kier molecular flexibility index (Phi) is 5.28. The Balaban J connectivity index is 1.78. The molecule has 3 rings (SSSR count). The molecule has 0 spiro atoms.